The minimum atomic E-state index is -1.03. The molecule has 3 N–H and O–H groups in total. The third-order valence-corrected chi connectivity index (χ3v) is 4.20. The Kier molecular flexibility index (Phi) is 11.8. The molecule has 0 aromatic carbocycles. The van der Waals surface area contributed by atoms with E-state index in [0.29, 0.717) is 12.3 Å². The molecule has 0 fully saturated rings. The monoisotopic (exact) mass is 356 g/mol. The summed E-state index contributed by atoms with van der Waals surface area (Å²) in [5, 5.41) is 26.9. The van der Waals surface area contributed by atoms with Crippen molar-refractivity contribution < 1.29 is 29.6 Å². The van der Waals surface area contributed by atoms with Gasteiger partial charge in [-0.1, -0.05) is 37.8 Å². The molecule has 25 heavy (non-hydrogen) atoms. The third kappa shape index (κ3) is 10.7. The van der Waals surface area contributed by atoms with Crippen molar-refractivity contribution in [1.82, 2.24) is 0 Å². The number of carboxylic acid groups (broad SMARTS) is 2. The molecule has 0 unspecified atom stereocenters. The zero-order chi connectivity index (χ0) is 19.4. The molecule has 0 radical (unpaired) electrons. The van der Waals surface area contributed by atoms with E-state index < -0.39 is 30.6 Å². The highest BCUT2D eigenvalue weighted by molar-refractivity contribution is 5.81. The number of methoxy groups -OCH3 is 1. The van der Waals surface area contributed by atoms with E-state index in [2.05, 4.69) is 6.92 Å². The van der Waals surface area contributed by atoms with Crippen molar-refractivity contribution in [2.24, 2.45) is 11.8 Å². The van der Waals surface area contributed by atoms with Crippen LogP contribution in [-0.4, -0.2) is 47.1 Å². The number of unbranched alkanes of at least 4 members (excludes halogenated alkanes) is 1. The quantitative estimate of drug-likeness (QED) is 0.266. The average Bonchev–Trinajstić information content (AvgIpc) is 2.48. The van der Waals surface area contributed by atoms with Gasteiger partial charge < -0.3 is 20.1 Å². The van der Waals surface area contributed by atoms with Gasteiger partial charge in [-0.2, -0.15) is 0 Å². The van der Waals surface area contributed by atoms with Crippen molar-refractivity contribution in [1.29, 1.82) is 0 Å². The second-order valence-corrected chi connectivity index (χ2v) is 6.71. The van der Waals surface area contributed by atoms with Gasteiger partial charge in [-0.05, 0) is 38.2 Å². The van der Waals surface area contributed by atoms with Gasteiger partial charge in [-0.3, -0.25) is 4.79 Å². The normalized spacial score (nSPS) is 16.4. The highest BCUT2D eigenvalue weighted by Crippen LogP contribution is 2.21. The van der Waals surface area contributed by atoms with Gasteiger partial charge in [0.1, 0.15) is 5.92 Å². The van der Waals surface area contributed by atoms with Crippen LogP contribution in [0.4, 0.5) is 0 Å². The van der Waals surface area contributed by atoms with Crippen LogP contribution in [0.3, 0.4) is 0 Å². The minimum absolute atomic E-state index is 0.419. The fourth-order valence-electron chi connectivity index (χ4n) is 3.01. The van der Waals surface area contributed by atoms with Crippen molar-refractivity contribution >= 4 is 11.9 Å². The summed E-state index contributed by atoms with van der Waals surface area (Å²) in [4.78, 5) is 21.7. The summed E-state index contributed by atoms with van der Waals surface area (Å²) in [6.07, 6.45) is 6.92. The predicted octanol–water partition coefficient (Wildman–Crippen LogP) is 3.26. The molecular weight excluding hydrogens is 324 g/mol. The SMILES string of the molecule is CO[C@@H](CCCC[C@@H](C)C/C(C)=C/C(C)=C/C(=O)O)[C@@H](CO)C(=O)O. The van der Waals surface area contributed by atoms with Crippen LogP contribution in [0.25, 0.3) is 0 Å². The van der Waals surface area contributed by atoms with Crippen molar-refractivity contribution in [3.05, 3.63) is 23.3 Å². The molecule has 0 spiro atoms. The summed E-state index contributed by atoms with van der Waals surface area (Å²) in [5.41, 5.74) is 1.87. The Balaban J connectivity index is 4.26. The molecule has 0 aliphatic heterocycles. The van der Waals surface area contributed by atoms with Gasteiger partial charge in [0, 0.05) is 13.2 Å². The van der Waals surface area contributed by atoms with E-state index in [-0.39, 0.29) is 0 Å². The van der Waals surface area contributed by atoms with Crippen LogP contribution in [0.5, 0.6) is 0 Å². The van der Waals surface area contributed by atoms with E-state index in [4.69, 9.17) is 20.1 Å². The van der Waals surface area contributed by atoms with E-state index >= 15 is 0 Å². The van der Waals surface area contributed by atoms with Gasteiger partial charge in [0.25, 0.3) is 0 Å². The summed E-state index contributed by atoms with van der Waals surface area (Å²) < 4.78 is 5.21. The molecular formula is C19H32O6. The third-order valence-electron chi connectivity index (χ3n) is 4.20. The first-order valence-corrected chi connectivity index (χ1v) is 8.66. The molecule has 0 amide bonds. The molecule has 144 valence electrons. The molecule has 0 saturated heterocycles. The topological polar surface area (TPSA) is 104 Å². The highest BCUT2D eigenvalue weighted by atomic mass is 16.5. The van der Waals surface area contributed by atoms with E-state index in [0.717, 1.165) is 36.8 Å². The maximum Gasteiger partial charge on any atom is 0.328 e. The van der Waals surface area contributed by atoms with Gasteiger partial charge >= 0.3 is 11.9 Å². The number of carboxylic acids is 2. The maximum atomic E-state index is 11.1. The number of carbonyl (C=O) groups is 2. The molecule has 0 heterocycles. The Morgan fingerprint density at radius 1 is 1.08 bits per heavy atom. The van der Waals surface area contributed by atoms with E-state index in [1.807, 2.05) is 13.0 Å². The van der Waals surface area contributed by atoms with E-state index in [1.165, 1.54) is 13.2 Å². The largest absolute Gasteiger partial charge is 0.481 e. The zero-order valence-corrected chi connectivity index (χ0v) is 15.7. The number of aliphatic hydroxyl groups is 1. The summed E-state index contributed by atoms with van der Waals surface area (Å²) in [5.74, 6) is -2.39. The molecule has 0 aromatic rings. The van der Waals surface area contributed by atoms with Gasteiger partial charge in [0.2, 0.25) is 0 Å². The van der Waals surface area contributed by atoms with Crippen molar-refractivity contribution in [2.75, 3.05) is 13.7 Å². The molecule has 6 nitrogen and oxygen atoms in total. The Labute approximate surface area is 150 Å². The Bertz CT molecular complexity index is 480. The number of allylic oxidation sites excluding steroid dienone is 3. The molecule has 3 atom stereocenters. The summed E-state index contributed by atoms with van der Waals surface area (Å²) in [6, 6.07) is 0. The predicted molar refractivity (Wildman–Crippen MR) is 96.4 cm³/mol. The molecule has 6 heteroatoms. The van der Waals surface area contributed by atoms with Crippen molar-refractivity contribution in [3.63, 3.8) is 0 Å². The lowest BCUT2D eigenvalue weighted by Gasteiger charge is -2.21. The molecule has 0 aliphatic rings. The Morgan fingerprint density at radius 3 is 2.16 bits per heavy atom. The van der Waals surface area contributed by atoms with Gasteiger partial charge in [-0.25, -0.2) is 4.79 Å². The van der Waals surface area contributed by atoms with Crippen molar-refractivity contribution in [3.8, 4) is 0 Å². The number of hydrogen-bond acceptors (Lipinski definition) is 4. The number of ether oxygens (including phenoxy) is 1. The standard InChI is InChI=1S/C19H32O6/c1-13(9-14(2)10-15(3)11-18(21)22)7-5-6-8-17(25-4)16(12-20)19(23)24/h10-11,13,16-17,20H,5-9,12H2,1-4H3,(H,21,22)(H,23,24)/b14-10+,15-11+/t13-,16-,17+/m1/s1. The summed E-state index contributed by atoms with van der Waals surface area (Å²) in [6.45, 7) is 5.50. The van der Waals surface area contributed by atoms with Crippen LogP contribution in [0.1, 0.15) is 52.9 Å². The maximum absolute atomic E-state index is 11.1. The first-order valence-electron chi connectivity index (χ1n) is 8.66. The lowest BCUT2D eigenvalue weighted by atomic mass is 9.93. The molecule has 0 saturated carbocycles. The number of hydrogen-bond donors (Lipinski definition) is 3. The fourth-order valence-corrected chi connectivity index (χ4v) is 3.01. The van der Waals surface area contributed by atoms with Crippen LogP contribution in [-0.2, 0) is 14.3 Å². The number of aliphatic hydroxyl groups excluding tert-OH is 1. The second-order valence-electron chi connectivity index (χ2n) is 6.71. The zero-order valence-electron chi connectivity index (χ0n) is 15.7. The minimum Gasteiger partial charge on any atom is -0.481 e. The van der Waals surface area contributed by atoms with Gasteiger partial charge in [0.15, 0.2) is 0 Å². The smallest absolute Gasteiger partial charge is 0.328 e. The van der Waals surface area contributed by atoms with Crippen molar-refractivity contribution in [2.45, 2.75) is 59.0 Å². The lowest BCUT2D eigenvalue weighted by Crippen LogP contribution is -2.32. The van der Waals surface area contributed by atoms with E-state index in [9.17, 15) is 9.59 Å². The van der Waals surface area contributed by atoms with Gasteiger partial charge in [0.05, 0.1) is 12.7 Å². The highest BCUT2D eigenvalue weighted by Gasteiger charge is 2.26. The van der Waals surface area contributed by atoms with Crippen LogP contribution >= 0.6 is 0 Å². The molecule has 0 aliphatic carbocycles. The number of rotatable bonds is 13. The van der Waals surface area contributed by atoms with E-state index in [1.54, 1.807) is 6.92 Å². The number of aliphatic carboxylic acids is 2. The summed E-state index contributed by atoms with van der Waals surface area (Å²) >= 11 is 0. The summed E-state index contributed by atoms with van der Waals surface area (Å²) in [7, 11) is 1.47. The van der Waals surface area contributed by atoms with Crippen LogP contribution in [0.15, 0.2) is 23.3 Å². The van der Waals surface area contributed by atoms with Crippen LogP contribution in [0.2, 0.25) is 0 Å². The Hall–Kier alpha value is -1.66. The molecule has 0 bridgehead atoms. The first kappa shape index (κ1) is 23.3. The Morgan fingerprint density at radius 2 is 1.68 bits per heavy atom. The molecule has 0 aromatic heterocycles. The first-order chi connectivity index (χ1) is 11.7. The van der Waals surface area contributed by atoms with Gasteiger partial charge in [-0.15, -0.1) is 0 Å². The lowest BCUT2D eigenvalue weighted by molar-refractivity contribution is -0.149. The fraction of sp³-hybridized carbons (Fsp3) is 0.684. The second kappa shape index (κ2) is 12.7. The van der Waals surface area contributed by atoms with Crippen LogP contribution < -0.4 is 0 Å². The average molecular weight is 356 g/mol. The van der Waals surface area contributed by atoms with Crippen LogP contribution in [0, 0.1) is 11.8 Å². The molecule has 0 rings (SSSR count).